The highest BCUT2D eigenvalue weighted by atomic mass is 32.2. The summed E-state index contributed by atoms with van der Waals surface area (Å²) in [6.07, 6.45) is 1.29. The molecule has 0 aromatic carbocycles. The molecule has 3 N–H and O–H groups in total. The second-order valence-electron chi connectivity index (χ2n) is 4.77. The largest absolute Gasteiger partial charge is 0.480 e. The van der Waals surface area contributed by atoms with Crippen LogP contribution in [-0.4, -0.2) is 46.0 Å². The number of sulfonamides is 1. The molecule has 1 heterocycles. The number of hydrogen-bond donors (Lipinski definition) is 3. The second-order valence-corrected chi connectivity index (χ2v) is 6.45. The van der Waals surface area contributed by atoms with E-state index in [1.165, 1.54) is 20.8 Å². The van der Waals surface area contributed by atoms with Crippen LogP contribution in [0.15, 0.2) is 17.3 Å². The predicted molar refractivity (Wildman–Crippen MR) is 65.9 cm³/mol. The zero-order valence-electron chi connectivity index (χ0n) is 10.9. The third-order valence-electron chi connectivity index (χ3n) is 2.66. The Hall–Kier alpha value is -1.45. The normalized spacial score (nSPS) is 14.3. The van der Waals surface area contributed by atoms with Crippen molar-refractivity contribution in [3.8, 4) is 0 Å². The highest BCUT2D eigenvalue weighted by Crippen LogP contribution is 2.15. The van der Waals surface area contributed by atoms with Crippen molar-refractivity contribution in [2.24, 2.45) is 0 Å². The van der Waals surface area contributed by atoms with E-state index in [1.807, 2.05) is 0 Å². The monoisotopic (exact) mass is 291 g/mol. The fourth-order valence-corrected chi connectivity index (χ4v) is 2.63. The van der Waals surface area contributed by atoms with Gasteiger partial charge in [-0.25, -0.2) is 13.1 Å². The summed E-state index contributed by atoms with van der Waals surface area (Å²) in [6, 6.07) is 0. The minimum absolute atomic E-state index is 0.150. The summed E-state index contributed by atoms with van der Waals surface area (Å²) in [4.78, 5) is 10.3. The number of aromatic nitrogens is 2. The lowest BCUT2D eigenvalue weighted by Gasteiger charge is -2.28. The van der Waals surface area contributed by atoms with Crippen molar-refractivity contribution in [3.05, 3.63) is 12.4 Å². The summed E-state index contributed by atoms with van der Waals surface area (Å²) in [7, 11) is -3.86. The van der Waals surface area contributed by atoms with Crippen LogP contribution in [0.5, 0.6) is 0 Å². The topological polar surface area (TPSA) is 122 Å². The van der Waals surface area contributed by atoms with Gasteiger partial charge < -0.3 is 10.2 Å². The van der Waals surface area contributed by atoms with Crippen LogP contribution in [0.25, 0.3) is 0 Å². The van der Waals surface area contributed by atoms with Gasteiger partial charge in [0.25, 0.3) is 0 Å². The molecule has 0 aliphatic carbocycles. The van der Waals surface area contributed by atoms with E-state index >= 15 is 0 Å². The van der Waals surface area contributed by atoms with E-state index in [-0.39, 0.29) is 4.90 Å². The molecular weight excluding hydrogens is 274 g/mol. The zero-order valence-corrected chi connectivity index (χ0v) is 11.7. The van der Waals surface area contributed by atoms with Crippen molar-refractivity contribution in [3.63, 3.8) is 0 Å². The molecule has 1 aromatic heterocycles. The van der Waals surface area contributed by atoms with Crippen molar-refractivity contribution in [2.75, 3.05) is 0 Å². The lowest BCUT2D eigenvalue weighted by Crippen LogP contribution is -2.50. The number of hydrogen-bond acceptors (Lipinski definition) is 5. The SMILES string of the molecule is CC(O)C(C)(C)NS(=O)(=O)c1cnn(CC(=O)O)c1. The summed E-state index contributed by atoms with van der Waals surface area (Å²) in [5.74, 6) is -1.12. The molecule has 0 saturated carbocycles. The third kappa shape index (κ3) is 4.01. The maximum Gasteiger partial charge on any atom is 0.325 e. The van der Waals surface area contributed by atoms with Crippen LogP contribution >= 0.6 is 0 Å². The Kier molecular flexibility index (Phi) is 4.33. The average molecular weight is 291 g/mol. The van der Waals surface area contributed by atoms with Gasteiger partial charge in [-0.1, -0.05) is 0 Å². The fourth-order valence-electron chi connectivity index (χ4n) is 1.20. The van der Waals surface area contributed by atoms with Gasteiger partial charge in [0.1, 0.15) is 11.4 Å². The lowest BCUT2D eigenvalue weighted by atomic mass is 10.0. The second kappa shape index (κ2) is 5.27. The van der Waals surface area contributed by atoms with Gasteiger partial charge >= 0.3 is 5.97 Å². The van der Waals surface area contributed by atoms with Crippen molar-refractivity contribution in [1.29, 1.82) is 0 Å². The number of aliphatic hydroxyl groups is 1. The highest BCUT2D eigenvalue weighted by Gasteiger charge is 2.31. The van der Waals surface area contributed by atoms with E-state index in [9.17, 15) is 18.3 Å². The predicted octanol–water partition coefficient (Wildman–Crippen LogP) is -0.595. The molecule has 0 radical (unpaired) electrons. The van der Waals surface area contributed by atoms with Crippen LogP contribution in [0.1, 0.15) is 20.8 Å². The van der Waals surface area contributed by atoms with Crippen molar-refractivity contribution >= 4 is 16.0 Å². The van der Waals surface area contributed by atoms with Gasteiger partial charge in [-0.05, 0) is 20.8 Å². The van der Waals surface area contributed by atoms with Gasteiger partial charge in [0.05, 0.1) is 17.8 Å². The van der Waals surface area contributed by atoms with Gasteiger partial charge in [0.15, 0.2) is 0 Å². The minimum Gasteiger partial charge on any atom is -0.480 e. The number of aliphatic hydroxyl groups excluding tert-OH is 1. The Bertz CT molecular complexity index is 561. The van der Waals surface area contributed by atoms with Crippen LogP contribution in [0.3, 0.4) is 0 Å². The van der Waals surface area contributed by atoms with E-state index in [0.717, 1.165) is 17.1 Å². The number of aliphatic carboxylic acids is 1. The molecule has 0 bridgehead atoms. The van der Waals surface area contributed by atoms with Crippen LogP contribution in [0.4, 0.5) is 0 Å². The van der Waals surface area contributed by atoms with E-state index < -0.39 is 34.2 Å². The average Bonchev–Trinajstić information content (AvgIpc) is 2.63. The molecule has 0 spiro atoms. The lowest BCUT2D eigenvalue weighted by molar-refractivity contribution is -0.137. The molecule has 0 aliphatic heterocycles. The number of nitrogens with zero attached hydrogens (tertiary/aromatic N) is 2. The van der Waals surface area contributed by atoms with Crippen molar-refractivity contribution in [1.82, 2.24) is 14.5 Å². The number of nitrogens with one attached hydrogen (secondary N) is 1. The maximum absolute atomic E-state index is 12.0. The number of carboxylic acid groups (broad SMARTS) is 1. The molecule has 19 heavy (non-hydrogen) atoms. The Morgan fingerprint density at radius 2 is 2.16 bits per heavy atom. The van der Waals surface area contributed by atoms with Gasteiger partial charge in [-0.15, -0.1) is 0 Å². The first-order valence-corrected chi connectivity index (χ1v) is 6.99. The van der Waals surface area contributed by atoms with Crippen LogP contribution in [-0.2, 0) is 21.4 Å². The van der Waals surface area contributed by atoms with E-state index in [1.54, 1.807) is 0 Å². The number of carboxylic acids is 1. The Balaban J connectivity index is 2.95. The first kappa shape index (κ1) is 15.6. The molecule has 0 aliphatic rings. The summed E-state index contributed by atoms with van der Waals surface area (Å²) < 4.78 is 27.4. The molecule has 1 unspecified atom stereocenters. The van der Waals surface area contributed by atoms with Gasteiger partial charge in [0.2, 0.25) is 10.0 Å². The molecule has 0 saturated heterocycles. The standard InChI is InChI=1S/C10H17N3O5S/c1-7(14)10(2,3)12-19(17,18)8-4-11-13(5-8)6-9(15)16/h4-5,7,12,14H,6H2,1-3H3,(H,15,16). The number of rotatable bonds is 6. The molecular formula is C10H17N3O5S. The Morgan fingerprint density at radius 3 is 2.63 bits per heavy atom. The van der Waals surface area contributed by atoms with Gasteiger partial charge in [-0.2, -0.15) is 5.10 Å². The van der Waals surface area contributed by atoms with E-state index in [0.29, 0.717) is 0 Å². The number of carbonyl (C=O) groups is 1. The quantitative estimate of drug-likeness (QED) is 0.643. The van der Waals surface area contributed by atoms with Crippen LogP contribution in [0.2, 0.25) is 0 Å². The third-order valence-corrected chi connectivity index (χ3v) is 4.29. The molecule has 8 nitrogen and oxygen atoms in total. The van der Waals surface area contributed by atoms with Gasteiger partial charge in [-0.3, -0.25) is 9.48 Å². The summed E-state index contributed by atoms with van der Waals surface area (Å²) in [5.41, 5.74) is -1.05. The van der Waals surface area contributed by atoms with Crippen molar-refractivity contribution in [2.45, 2.75) is 43.9 Å². The Labute approximate surface area is 111 Å². The maximum atomic E-state index is 12.0. The van der Waals surface area contributed by atoms with Crippen LogP contribution in [0, 0.1) is 0 Å². The van der Waals surface area contributed by atoms with E-state index in [2.05, 4.69) is 9.82 Å². The summed E-state index contributed by atoms with van der Waals surface area (Å²) in [6.45, 7) is 4.12. The fraction of sp³-hybridized carbons (Fsp3) is 0.600. The zero-order chi connectivity index (χ0) is 14.8. The van der Waals surface area contributed by atoms with E-state index in [4.69, 9.17) is 5.11 Å². The smallest absolute Gasteiger partial charge is 0.325 e. The van der Waals surface area contributed by atoms with Crippen LogP contribution < -0.4 is 4.72 Å². The first-order valence-electron chi connectivity index (χ1n) is 5.51. The molecule has 0 fully saturated rings. The minimum atomic E-state index is -3.86. The molecule has 1 aromatic rings. The first-order chi connectivity index (χ1) is 8.54. The highest BCUT2D eigenvalue weighted by molar-refractivity contribution is 7.89. The molecule has 1 atom stereocenters. The van der Waals surface area contributed by atoms with Gasteiger partial charge in [0, 0.05) is 6.20 Å². The molecule has 108 valence electrons. The summed E-state index contributed by atoms with van der Waals surface area (Å²) >= 11 is 0. The molecule has 0 amide bonds. The summed E-state index contributed by atoms with van der Waals surface area (Å²) in [5, 5.41) is 21.7. The molecule has 9 heteroatoms. The molecule has 1 rings (SSSR count). The Morgan fingerprint density at radius 1 is 1.58 bits per heavy atom. The van der Waals surface area contributed by atoms with Crippen molar-refractivity contribution < 1.29 is 23.4 Å².